The maximum Gasteiger partial charge on any atom is 0.251 e. The van der Waals surface area contributed by atoms with Gasteiger partial charge in [0.1, 0.15) is 11.5 Å². The Morgan fingerprint density at radius 3 is 2.54 bits per heavy atom. The SMILES string of the molecule is CNC(=O)c1ccc(CN(C)C(=O)/C=C/c2ccc(C3CC3C)o2)cc1. The maximum atomic E-state index is 12.3. The third-order valence-corrected chi connectivity index (χ3v) is 4.75. The molecule has 0 aliphatic heterocycles. The fourth-order valence-corrected chi connectivity index (χ4v) is 2.91. The third-order valence-electron chi connectivity index (χ3n) is 4.75. The smallest absolute Gasteiger partial charge is 0.251 e. The van der Waals surface area contributed by atoms with Crippen LogP contribution in [0.3, 0.4) is 0 Å². The predicted octanol–water partition coefficient (Wildman–Crippen LogP) is 3.43. The van der Waals surface area contributed by atoms with Crippen molar-refractivity contribution in [1.82, 2.24) is 10.2 Å². The van der Waals surface area contributed by atoms with Crippen LogP contribution in [-0.4, -0.2) is 30.8 Å². The third kappa shape index (κ3) is 4.23. The van der Waals surface area contributed by atoms with Crippen molar-refractivity contribution in [3.8, 4) is 0 Å². The number of nitrogens with one attached hydrogen (secondary N) is 1. The molecule has 136 valence electrons. The first kappa shape index (κ1) is 18.0. The molecule has 2 unspecified atom stereocenters. The highest BCUT2D eigenvalue weighted by atomic mass is 16.3. The van der Waals surface area contributed by atoms with Crippen molar-refractivity contribution in [3.63, 3.8) is 0 Å². The van der Waals surface area contributed by atoms with E-state index >= 15 is 0 Å². The Labute approximate surface area is 153 Å². The molecule has 0 saturated heterocycles. The second-order valence-electron chi connectivity index (χ2n) is 6.86. The number of furan rings is 1. The Morgan fingerprint density at radius 1 is 1.23 bits per heavy atom. The lowest BCUT2D eigenvalue weighted by Gasteiger charge is -2.15. The molecule has 1 heterocycles. The Bertz CT molecular complexity index is 820. The van der Waals surface area contributed by atoms with E-state index in [-0.39, 0.29) is 11.8 Å². The van der Waals surface area contributed by atoms with Crippen LogP contribution in [-0.2, 0) is 11.3 Å². The number of hydrogen-bond acceptors (Lipinski definition) is 3. The van der Waals surface area contributed by atoms with Crippen molar-refractivity contribution >= 4 is 17.9 Å². The van der Waals surface area contributed by atoms with Gasteiger partial charge in [-0.1, -0.05) is 19.1 Å². The van der Waals surface area contributed by atoms with Gasteiger partial charge in [-0.3, -0.25) is 9.59 Å². The summed E-state index contributed by atoms with van der Waals surface area (Å²) in [6.07, 6.45) is 4.42. The average molecular weight is 352 g/mol. The summed E-state index contributed by atoms with van der Waals surface area (Å²) in [6.45, 7) is 2.68. The Kier molecular flexibility index (Phi) is 5.26. The molecule has 5 nitrogen and oxygen atoms in total. The summed E-state index contributed by atoms with van der Waals surface area (Å²) in [7, 11) is 3.35. The quantitative estimate of drug-likeness (QED) is 0.810. The van der Waals surface area contributed by atoms with Crippen LogP contribution in [0.5, 0.6) is 0 Å². The van der Waals surface area contributed by atoms with E-state index in [1.165, 1.54) is 12.5 Å². The highest BCUT2D eigenvalue weighted by Gasteiger charge is 2.36. The fraction of sp³-hybridized carbons (Fsp3) is 0.333. The summed E-state index contributed by atoms with van der Waals surface area (Å²) < 4.78 is 5.78. The number of carbonyl (C=O) groups excluding carboxylic acids is 2. The van der Waals surface area contributed by atoms with Crippen LogP contribution in [0.1, 0.15) is 46.7 Å². The largest absolute Gasteiger partial charge is 0.461 e. The zero-order chi connectivity index (χ0) is 18.7. The van der Waals surface area contributed by atoms with E-state index in [0.29, 0.717) is 29.7 Å². The van der Waals surface area contributed by atoms with Gasteiger partial charge in [-0.15, -0.1) is 0 Å². The van der Waals surface area contributed by atoms with Gasteiger partial charge >= 0.3 is 0 Å². The summed E-state index contributed by atoms with van der Waals surface area (Å²) >= 11 is 0. The highest BCUT2D eigenvalue weighted by Crippen LogP contribution is 2.47. The minimum Gasteiger partial charge on any atom is -0.461 e. The molecule has 26 heavy (non-hydrogen) atoms. The Hall–Kier alpha value is -2.82. The van der Waals surface area contributed by atoms with Gasteiger partial charge in [-0.05, 0) is 48.2 Å². The molecule has 2 atom stereocenters. The summed E-state index contributed by atoms with van der Waals surface area (Å²) in [6, 6.07) is 11.1. The topological polar surface area (TPSA) is 62.6 Å². The van der Waals surface area contributed by atoms with Gasteiger partial charge < -0.3 is 14.6 Å². The molecule has 0 radical (unpaired) electrons. The number of nitrogens with zero attached hydrogens (tertiary/aromatic N) is 1. The van der Waals surface area contributed by atoms with Crippen LogP contribution in [0.2, 0.25) is 0 Å². The molecule has 1 saturated carbocycles. The monoisotopic (exact) mass is 352 g/mol. The summed E-state index contributed by atoms with van der Waals surface area (Å²) in [4.78, 5) is 25.5. The lowest BCUT2D eigenvalue weighted by molar-refractivity contribution is -0.125. The lowest BCUT2D eigenvalue weighted by atomic mass is 10.1. The molecule has 1 aliphatic carbocycles. The van der Waals surface area contributed by atoms with Crippen molar-refractivity contribution in [3.05, 3.63) is 65.1 Å². The average Bonchev–Trinajstić information content (AvgIpc) is 3.19. The zero-order valence-corrected chi connectivity index (χ0v) is 15.4. The van der Waals surface area contributed by atoms with E-state index in [1.54, 1.807) is 37.2 Å². The second kappa shape index (κ2) is 7.60. The van der Waals surface area contributed by atoms with Crippen molar-refractivity contribution in [2.45, 2.75) is 25.8 Å². The number of hydrogen-bond donors (Lipinski definition) is 1. The lowest BCUT2D eigenvalue weighted by Crippen LogP contribution is -2.24. The molecular formula is C21H24N2O3. The van der Waals surface area contributed by atoms with E-state index < -0.39 is 0 Å². The van der Waals surface area contributed by atoms with E-state index in [2.05, 4.69) is 12.2 Å². The van der Waals surface area contributed by atoms with E-state index in [9.17, 15) is 9.59 Å². The maximum absolute atomic E-state index is 12.3. The van der Waals surface area contributed by atoms with Crippen molar-refractivity contribution in [2.24, 2.45) is 5.92 Å². The zero-order valence-electron chi connectivity index (χ0n) is 15.4. The van der Waals surface area contributed by atoms with Crippen molar-refractivity contribution in [2.75, 3.05) is 14.1 Å². The number of benzene rings is 1. The number of likely N-dealkylation sites (N-methyl/N-ethyl adjacent to an activating group) is 1. The first-order chi connectivity index (χ1) is 12.5. The van der Waals surface area contributed by atoms with Gasteiger partial charge in [0.15, 0.2) is 0 Å². The molecule has 2 aromatic rings. The van der Waals surface area contributed by atoms with Crippen LogP contribution in [0.25, 0.3) is 6.08 Å². The first-order valence-corrected chi connectivity index (χ1v) is 8.82. The van der Waals surface area contributed by atoms with Gasteiger partial charge in [0.05, 0.1) is 0 Å². The molecule has 1 fully saturated rings. The van der Waals surface area contributed by atoms with Crippen LogP contribution in [0, 0.1) is 5.92 Å². The van der Waals surface area contributed by atoms with Gasteiger partial charge in [0.25, 0.3) is 5.91 Å². The minimum atomic E-state index is -0.123. The molecule has 1 N–H and O–H groups in total. The molecule has 1 aromatic heterocycles. The van der Waals surface area contributed by atoms with E-state index in [0.717, 1.165) is 11.3 Å². The second-order valence-corrected chi connectivity index (χ2v) is 6.86. The van der Waals surface area contributed by atoms with Crippen LogP contribution >= 0.6 is 0 Å². The van der Waals surface area contributed by atoms with Gasteiger partial charge in [0.2, 0.25) is 5.91 Å². The molecule has 0 bridgehead atoms. The Morgan fingerprint density at radius 2 is 1.92 bits per heavy atom. The number of amides is 2. The van der Waals surface area contributed by atoms with Crippen LogP contribution in [0.15, 0.2) is 46.9 Å². The van der Waals surface area contributed by atoms with Crippen LogP contribution < -0.4 is 5.32 Å². The number of rotatable bonds is 6. The summed E-state index contributed by atoms with van der Waals surface area (Å²) in [5.41, 5.74) is 1.56. The molecule has 1 aromatic carbocycles. The van der Waals surface area contributed by atoms with Crippen molar-refractivity contribution < 1.29 is 14.0 Å². The van der Waals surface area contributed by atoms with E-state index in [1.807, 2.05) is 24.3 Å². The minimum absolute atomic E-state index is 0.0990. The number of carbonyl (C=O) groups is 2. The Balaban J connectivity index is 1.55. The van der Waals surface area contributed by atoms with E-state index in [4.69, 9.17) is 4.42 Å². The molecular weight excluding hydrogens is 328 g/mol. The molecule has 1 aliphatic rings. The van der Waals surface area contributed by atoms with Crippen molar-refractivity contribution in [1.29, 1.82) is 0 Å². The van der Waals surface area contributed by atoms with Gasteiger partial charge in [-0.25, -0.2) is 0 Å². The highest BCUT2D eigenvalue weighted by molar-refractivity contribution is 5.94. The molecule has 2 amide bonds. The molecule has 0 spiro atoms. The normalized spacial score (nSPS) is 18.7. The van der Waals surface area contributed by atoms with Gasteiger partial charge in [0, 0.05) is 38.2 Å². The van der Waals surface area contributed by atoms with Gasteiger partial charge in [-0.2, -0.15) is 0 Å². The van der Waals surface area contributed by atoms with Crippen LogP contribution in [0.4, 0.5) is 0 Å². The fourth-order valence-electron chi connectivity index (χ4n) is 2.91. The predicted molar refractivity (Wildman–Crippen MR) is 101 cm³/mol. The standard InChI is InChI=1S/C21H24N2O3/c1-14-12-18(14)19-10-8-17(26-19)9-11-20(24)23(3)13-15-4-6-16(7-5-15)21(25)22-2/h4-11,14,18H,12-13H2,1-3H3,(H,22,25)/b11-9+. The summed E-state index contributed by atoms with van der Waals surface area (Å²) in [5.74, 6) is 2.72. The molecule has 3 rings (SSSR count). The molecule has 5 heteroatoms. The first-order valence-electron chi connectivity index (χ1n) is 8.82. The summed E-state index contributed by atoms with van der Waals surface area (Å²) in [5, 5.41) is 2.59.